The van der Waals surface area contributed by atoms with Gasteiger partial charge in [-0.15, -0.1) is 0 Å². The Labute approximate surface area is 193 Å². The van der Waals surface area contributed by atoms with Crippen LogP contribution >= 0.6 is 0 Å². The molecule has 0 fully saturated rings. The maximum absolute atomic E-state index is 13.5. The van der Waals surface area contributed by atoms with Crippen molar-refractivity contribution in [3.05, 3.63) is 107 Å². The molecule has 2 atom stereocenters. The standard InChI is InChI=1S/C28H27N3O2/c1-18-25(23-14-8-9-15-24(23)30-18)26-21-12-6-7-13-22(21)28(33)31(26)19(2)27(32)29-17-16-20-10-4-3-5-11-20/h3-15,19,26,30H,16-17H2,1-2H3,(H,29,32)/t19-,26+/m0/s1. The molecule has 2 N–H and O–H groups in total. The van der Waals surface area contributed by atoms with Crippen LogP contribution in [0, 0.1) is 6.92 Å². The first-order valence-corrected chi connectivity index (χ1v) is 11.4. The van der Waals surface area contributed by atoms with Gasteiger partial charge in [-0.2, -0.15) is 0 Å². The number of fused-ring (bicyclic) bond motifs is 2. The minimum Gasteiger partial charge on any atom is -0.358 e. The van der Waals surface area contributed by atoms with E-state index in [1.165, 1.54) is 5.56 Å². The van der Waals surface area contributed by atoms with Gasteiger partial charge in [0, 0.05) is 34.3 Å². The number of carbonyl (C=O) groups excluding carboxylic acids is 2. The third kappa shape index (κ3) is 3.69. The lowest BCUT2D eigenvalue weighted by Gasteiger charge is -2.31. The largest absolute Gasteiger partial charge is 0.358 e. The molecule has 5 nitrogen and oxygen atoms in total. The molecule has 0 saturated carbocycles. The van der Waals surface area contributed by atoms with Crippen LogP contribution in [0.1, 0.15) is 45.7 Å². The summed E-state index contributed by atoms with van der Waals surface area (Å²) in [4.78, 5) is 31.9. The van der Waals surface area contributed by atoms with E-state index in [9.17, 15) is 9.59 Å². The monoisotopic (exact) mass is 437 g/mol. The number of nitrogens with one attached hydrogen (secondary N) is 2. The first kappa shape index (κ1) is 21.0. The highest BCUT2D eigenvalue weighted by Crippen LogP contribution is 2.43. The Morgan fingerprint density at radius 2 is 1.70 bits per heavy atom. The highest BCUT2D eigenvalue weighted by atomic mass is 16.2. The summed E-state index contributed by atoms with van der Waals surface area (Å²) in [6.45, 7) is 4.38. The molecule has 0 spiro atoms. The lowest BCUT2D eigenvalue weighted by atomic mass is 9.95. The van der Waals surface area contributed by atoms with Crippen LogP contribution in [0.4, 0.5) is 0 Å². The number of aryl methyl sites for hydroxylation is 1. The lowest BCUT2D eigenvalue weighted by molar-refractivity contribution is -0.125. The van der Waals surface area contributed by atoms with Crippen LogP contribution < -0.4 is 5.32 Å². The maximum atomic E-state index is 13.5. The van der Waals surface area contributed by atoms with Crippen LogP contribution in [0.5, 0.6) is 0 Å². The molecule has 0 aliphatic carbocycles. The molecule has 0 unspecified atom stereocenters. The van der Waals surface area contributed by atoms with E-state index in [1.54, 1.807) is 4.90 Å². The average Bonchev–Trinajstić information content (AvgIpc) is 3.32. The Morgan fingerprint density at radius 1 is 1.00 bits per heavy atom. The zero-order chi connectivity index (χ0) is 22.9. The highest BCUT2D eigenvalue weighted by Gasteiger charge is 2.43. The second-order valence-corrected chi connectivity index (χ2v) is 8.61. The number of carbonyl (C=O) groups is 2. The van der Waals surface area contributed by atoms with Gasteiger partial charge in [0.25, 0.3) is 5.91 Å². The molecular weight excluding hydrogens is 410 g/mol. The van der Waals surface area contributed by atoms with E-state index >= 15 is 0 Å². The van der Waals surface area contributed by atoms with Crippen LogP contribution in [0.3, 0.4) is 0 Å². The Balaban J connectivity index is 1.47. The van der Waals surface area contributed by atoms with Gasteiger partial charge in [0.05, 0.1) is 6.04 Å². The predicted molar refractivity (Wildman–Crippen MR) is 130 cm³/mol. The van der Waals surface area contributed by atoms with Crippen LogP contribution in [0.25, 0.3) is 10.9 Å². The third-order valence-corrected chi connectivity index (χ3v) is 6.57. The van der Waals surface area contributed by atoms with E-state index in [1.807, 2.05) is 86.6 Å². The Bertz CT molecular complexity index is 1330. The number of benzene rings is 3. The number of aromatic amines is 1. The number of aromatic nitrogens is 1. The summed E-state index contributed by atoms with van der Waals surface area (Å²) in [5.74, 6) is -0.249. The summed E-state index contributed by atoms with van der Waals surface area (Å²) in [5.41, 5.74) is 5.86. The molecule has 0 saturated heterocycles. The van der Waals surface area contributed by atoms with Crippen molar-refractivity contribution in [3.8, 4) is 0 Å². The molecule has 1 aliphatic heterocycles. The summed E-state index contributed by atoms with van der Waals surface area (Å²) < 4.78 is 0. The Kier molecular flexibility index (Phi) is 5.47. The van der Waals surface area contributed by atoms with Crippen molar-refractivity contribution >= 4 is 22.7 Å². The van der Waals surface area contributed by atoms with Crippen molar-refractivity contribution in [2.45, 2.75) is 32.4 Å². The fraction of sp³-hybridized carbons (Fsp3) is 0.214. The van der Waals surface area contributed by atoms with Gasteiger partial charge in [-0.3, -0.25) is 9.59 Å². The number of para-hydroxylation sites is 1. The van der Waals surface area contributed by atoms with Gasteiger partial charge in [0.15, 0.2) is 0 Å². The predicted octanol–water partition coefficient (Wildman–Crippen LogP) is 4.77. The number of rotatable bonds is 6. The SMILES string of the molecule is Cc1[nH]c2ccccc2c1[C@H]1c2ccccc2C(=O)N1[C@@H](C)C(=O)NCCc1ccccc1. The smallest absolute Gasteiger partial charge is 0.255 e. The second-order valence-electron chi connectivity index (χ2n) is 8.61. The van der Waals surface area contributed by atoms with Crippen molar-refractivity contribution in [3.63, 3.8) is 0 Å². The van der Waals surface area contributed by atoms with Crippen LogP contribution in [0.15, 0.2) is 78.9 Å². The topological polar surface area (TPSA) is 65.2 Å². The molecule has 3 aromatic carbocycles. The van der Waals surface area contributed by atoms with Crippen molar-refractivity contribution in [2.24, 2.45) is 0 Å². The van der Waals surface area contributed by atoms with E-state index in [0.717, 1.165) is 34.1 Å². The van der Waals surface area contributed by atoms with Gasteiger partial charge in [-0.25, -0.2) is 0 Å². The van der Waals surface area contributed by atoms with Crippen molar-refractivity contribution in [2.75, 3.05) is 6.54 Å². The first-order valence-electron chi connectivity index (χ1n) is 11.4. The fourth-order valence-corrected chi connectivity index (χ4v) is 4.93. The van der Waals surface area contributed by atoms with E-state index in [0.29, 0.717) is 12.1 Å². The summed E-state index contributed by atoms with van der Waals surface area (Å²) in [6.07, 6.45) is 0.748. The zero-order valence-electron chi connectivity index (χ0n) is 18.8. The van der Waals surface area contributed by atoms with E-state index in [2.05, 4.69) is 16.4 Å². The zero-order valence-corrected chi connectivity index (χ0v) is 18.8. The number of H-pyrrole nitrogens is 1. The first-order chi connectivity index (χ1) is 16.1. The molecule has 5 heteroatoms. The Morgan fingerprint density at radius 3 is 2.52 bits per heavy atom. The molecule has 5 rings (SSSR count). The molecule has 2 heterocycles. The summed E-state index contributed by atoms with van der Waals surface area (Å²) in [7, 11) is 0. The van der Waals surface area contributed by atoms with E-state index < -0.39 is 6.04 Å². The second kappa shape index (κ2) is 8.58. The molecule has 4 aromatic rings. The summed E-state index contributed by atoms with van der Waals surface area (Å²) >= 11 is 0. The van der Waals surface area contributed by atoms with Crippen LogP contribution in [0.2, 0.25) is 0 Å². The van der Waals surface area contributed by atoms with E-state index in [4.69, 9.17) is 0 Å². The van der Waals surface area contributed by atoms with Crippen LogP contribution in [-0.4, -0.2) is 34.3 Å². The average molecular weight is 438 g/mol. The van der Waals surface area contributed by atoms with Crippen LogP contribution in [-0.2, 0) is 11.2 Å². The molecule has 1 aromatic heterocycles. The number of nitrogens with zero attached hydrogens (tertiary/aromatic N) is 1. The molecule has 0 radical (unpaired) electrons. The molecule has 2 amide bonds. The quantitative estimate of drug-likeness (QED) is 0.456. The minimum absolute atomic E-state index is 0.106. The lowest BCUT2D eigenvalue weighted by Crippen LogP contribution is -2.47. The van der Waals surface area contributed by atoms with Crippen molar-refractivity contribution in [1.29, 1.82) is 0 Å². The molecular formula is C28H27N3O2. The third-order valence-electron chi connectivity index (χ3n) is 6.57. The highest BCUT2D eigenvalue weighted by molar-refractivity contribution is 6.03. The number of hydrogen-bond donors (Lipinski definition) is 2. The van der Waals surface area contributed by atoms with Crippen molar-refractivity contribution < 1.29 is 9.59 Å². The van der Waals surface area contributed by atoms with Crippen molar-refractivity contribution in [1.82, 2.24) is 15.2 Å². The number of amides is 2. The Hall–Kier alpha value is -3.86. The summed E-state index contributed by atoms with van der Waals surface area (Å²) in [5, 5.41) is 4.11. The van der Waals surface area contributed by atoms with Gasteiger partial charge >= 0.3 is 0 Å². The molecule has 166 valence electrons. The minimum atomic E-state index is -0.612. The van der Waals surface area contributed by atoms with Gasteiger partial charge in [0.1, 0.15) is 6.04 Å². The summed E-state index contributed by atoms with van der Waals surface area (Å²) in [6, 6.07) is 24.9. The fourth-order valence-electron chi connectivity index (χ4n) is 4.93. The molecule has 1 aliphatic rings. The van der Waals surface area contributed by atoms with Gasteiger partial charge < -0.3 is 15.2 Å². The number of hydrogen-bond acceptors (Lipinski definition) is 2. The van der Waals surface area contributed by atoms with Gasteiger partial charge in [-0.1, -0.05) is 66.7 Å². The maximum Gasteiger partial charge on any atom is 0.255 e. The van der Waals surface area contributed by atoms with Gasteiger partial charge in [-0.05, 0) is 43.5 Å². The molecule has 0 bridgehead atoms. The molecule has 33 heavy (non-hydrogen) atoms. The van der Waals surface area contributed by atoms with Gasteiger partial charge in [0.2, 0.25) is 5.91 Å². The normalized spacial score (nSPS) is 16.1. The van der Waals surface area contributed by atoms with E-state index in [-0.39, 0.29) is 17.9 Å².